The van der Waals surface area contributed by atoms with E-state index in [1.807, 2.05) is 36.6 Å². The number of aliphatic hydroxyl groups is 1. The van der Waals surface area contributed by atoms with E-state index in [1.54, 1.807) is 0 Å². The predicted octanol–water partition coefficient (Wildman–Crippen LogP) is 5.64. The van der Waals surface area contributed by atoms with Gasteiger partial charge >= 0.3 is 6.18 Å². The first-order valence-electron chi connectivity index (χ1n) is 8.48. The SMILES string of the molecule is Cc1cc(Nc2ncnc3ccsc23)cc(-c2cnc(C(C)(O)C(F)(F)F)s2)c1. The Bertz CT molecular complexity index is 1180. The van der Waals surface area contributed by atoms with Crippen molar-refractivity contribution in [1.82, 2.24) is 15.0 Å². The van der Waals surface area contributed by atoms with Crippen molar-refractivity contribution in [2.45, 2.75) is 25.6 Å². The molecule has 0 aliphatic heterocycles. The third kappa shape index (κ3) is 3.70. The van der Waals surface area contributed by atoms with Gasteiger partial charge < -0.3 is 10.4 Å². The van der Waals surface area contributed by atoms with E-state index in [-0.39, 0.29) is 0 Å². The largest absolute Gasteiger partial charge is 0.423 e. The fraction of sp³-hybridized carbons (Fsp3) is 0.211. The van der Waals surface area contributed by atoms with Gasteiger partial charge in [-0.3, -0.25) is 0 Å². The van der Waals surface area contributed by atoms with Gasteiger partial charge in [0.15, 0.2) is 5.82 Å². The van der Waals surface area contributed by atoms with Gasteiger partial charge in [-0.1, -0.05) is 6.07 Å². The zero-order valence-corrected chi connectivity index (χ0v) is 16.9. The Hall–Kier alpha value is -2.56. The molecule has 3 heterocycles. The number of nitrogens with one attached hydrogen (secondary N) is 1. The van der Waals surface area contributed by atoms with Crippen LogP contribution in [0.3, 0.4) is 0 Å². The van der Waals surface area contributed by atoms with Crippen molar-refractivity contribution in [3.63, 3.8) is 0 Å². The van der Waals surface area contributed by atoms with E-state index < -0.39 is 16.8 Å². The molecule has 4 aromatic rings. The highest BCUT2D eigenvalue weighted by Crippen LogP contribution is 2.42. The zero-order valence-electron chi connectivity index (χ0n) is 15.3. The summed E-state index contributed by atoms with van der Waals surface area (Å²) in [5.74, 6) is 0.659. The van der Waals surface area contributed by atoms with E-state index in [9.17, 15) is 18.3 Å². The number of aryl methyl sites for hydroxylation is 1. The van der Waals surface area contributed by atoms with Crippen LogP contribution in [0.4, 0.5) is 24.7 Å². The maximum absolute atomic E-state index is 13.1. The van der Waals surface area contributed by atoms with Crippen molar-refractivity contribution < 1.29 is 18.3 Å². The summed E-state index contributed by atoms with van der Waals surface area (Å²) in [7, 11) is 0. The van der Waals surface area contributed by atoms with E-state index in [4.69, 9.17) is 0 Å². The summed E-state index contributed by atoms with van der Waals surface area (Å²) in [5.41, 5.74) is 0.199. The van der Waals surface area contributed by atoms with Crippen molar-refractivity contribution in [2.75, 3.05) is 5.32 Å². The normalized spacial score (nSPS) is 14.1. The van der Waals surface area contributed by atoms with E-state index in [0.29, 0.717) is 23.2 Å². The summed E-state index contributed by atoms with van der Waals surface area (Å²) in [6.07, 6.45) is -1.98. The Kier molecular flexibility index (Phi) is 4.80. The number of fused-ring (bicyclic) bond motifs is 1. The lowest BCUT2D eigenvalue weighted by atomic mass is 10.1. The van der Waals surface area contributed by atoms with Crippen LogP contribution in [0.25, 0.3) is 20.7 Å². The molecular formula is C19H15F3N4OS2. The maximum atomic E-state index is 13.1. The number of hydrogen-bond acceptors (Lipinski definition) is 7. The highest BCUT2D eigenvalue weighted by Gasteiger charge is 2.53. The van der Waals surface area contributed by atoms with Gasteiger partial charge in [-0.2, -0.15) is 13.2 Å². The second kappa shape index (κ2) is 7.05. The van der Waals surface area contributed by atoms with Gasteiger partial charge in [-0.25, -0.2) is 15.0 Å². The van der Waals surface area contributed by atoms with Crippen LogP contribution in [0.2, 0.25) is 0 Å². The molecule has 0 saturated carbocycles. The lowest BCUT2D eigenvalue weighted by Gasteiger charge is -2.23. The predicted molar refractivity (Wildman–Crippen MR) is 109 cm³/mol. The number of nitrogens with zero attached hydrogens (tertiary/aromatic N) is 3. The zero-order chi connectivity index (χ0) is 20.8. The molecule has 10 heteroatoms. The smallest absolute Gasteiger partial charge is 0.375 e. The number of thiazole rings is 1. The molecule has 3 aromatic heterocycles. The minimum absolute atomic E-state index is 0.396. The molecule has 0 fully saturated rings. The maximum Gasteiger partial charge on any atom is 0.423 e. The molecule has 2 N–H and O–H groups in total. The Morgan fingerprint density at radius 1 is 1.10 bits per heavy atom. The van der Waals surface area contributed by atoms with Gasteiger partial charge in [0.25, 0.3) is 0 Å². The minimum Gasteiger partial charge on any atom is -0.375 e. The molecule has 0 spiro atoms. The molecule has 1 unspecified atom stereocenters. The first kappa shape index (κ1) is 19.7. The average molecular weight is 436 g/mol. The number of hydrogen-bond donors (Lipinski definition) is 2. The topological polar surface area (TPSA) is 70.9 Å². The summed E-state index contributed by atoms with van der Waals surface area (Å²) in [6, 6.07) is 7.48. The van der Waals surface area contributed by atoms with Gasteiger partial charge in [0.1, 0.15) is 11.3 Å². The second-order valence-electron chi connectivity index (χ2n) is 6.67. The molecule has 0 radical (unpaired) electrons. The third-order valence-corrected chi connectivity index (χ3v) is 6.51. The van der Waals surface area contributed by atoms with Crippen molar-refractivity contribution in [2.24, 2.45) is 0 Å². The Labute approximate surface area is 171 Å². The number of halogens is 3. The Balaban J connectivity index is 1.69. The van der Waals surface area contributed by atoms with E-state index in [1.165, 1.54) is 23.9 Å². The van der Waals surface area contributed by atoms with Gasteiger partial charge in [-0.15, -0.1) is 22.7 Å². The highest BCUT2D eigenvalue weighted by atomic mass is 32.1. The van der Waals surface area contributed by atoms with Crippen molar-refractivity contribution in [1.29, 1.82) is 0 Å². The molecule has 5 nitrogen and oxygen atoms in total. The van der Waals surface area contributed by atoms with E-state index >= 15 is 0 Å². The fourth-order valence-corrected chi connectivity index (χ4v) is 4.53. The van der Waals surface area contributed by atoms with Crippen LogP contribution >= 0.6 is 22.7 Å². The van der Waals surface area contributed by atoms with Crippen molar-refractivity contribution in [3.05, 3.63) is 52.7 Å². The van der Waals surface area contributed by atoms with Gasteiger partial charge in [0.2, 0.25) is 5.60 Å². The minimum atomic E-state index is -4.81. The van der Waals surface area contributed by atoms with Crippen molar-refractivity contribution in [3.8, 4) is 10.4 Å². The number of aromatic nitrogens is 3. The number of benzene rings is 1. The van der Waals surface area contributed by atoms with Crippen LogP contribution in [0.1, 0.15) is 17.5 Å². The van der Waals surface area contributed by atoms with Crippen LogP contribution < -0.4 is 5.32 Å². The standard InChI is InChI=1S/C19H15F3N4OS2/c1-10-5-11(14-8-23-17(29-14)18(2,27)19(20,21)22)7-12(6-10)26-16-15-13(3-4-28-15)24-9-25-16/h3-9,27H,1-2H3,(H,24,25,26). The summed E-state index contributed by atoms with van der Waals surface area (Å²) < 4.78 is 40.2. The molecule has 0 saturated heterocycles. The molecule has 0 aliphatic rings. The lowest BCUT2D eigenvalue weighted by molar-refractivity contribution is -0.258. The lowest BCUT2D eigenvalue weighted by Crippen LogP contribution is -2.39. The second-order valence-corrected chi connectivity index (χ2v) is 8.62. The van der Waals surface area contributed by atoms with Gasteiger partial charge in [0.05, 0.1) is 15.1 Å². The molecule has 4 rings (SSSR count). The summed E-state index contributed by atoms with van der Waals surface area (Å²) in [4.78, 5) is 12.8. The molecule has 0 amide bonds. The summed E-state index contributed by atoms with van der Waals surface area (Å²) in [6.45, 7) is 2.60. The van der Waals surface area contributed by atoms with Crippen LogP contribution in [0.5, 0.6) is 0 Å². The fourth-order valence-electron chi connectivity index (χ4n) is 2.77. The molecule has 1 aromatic carbocycles. The number of rotatable bonds is 4. The monoisotopic (exact) mass is 436 g/mol. The number of thiophene rings is 1. The van der Waals surface area contributed by atoms with E-state index in [2.05, 4.69) is 20.3 Å². The Morgan fingerprint density at radius 2 is 1.90 bits per heavy atom. The van der Waals surface area contributed by atoms with Gasteiger partial charge in [0, 0.05) is 11.9 Å². The van der Waals surface area contributed by atoms with Crippen LogP contribution in [0.15, 0.2) is 42.2 Å². The summed E-state index contributed by atoms with van der Waals surface area (Å²) >= 11 is 2.33. The Morgan fingerprint density at radius 3 is 2.66 bits per heavy atom. The summed E-state index contributed by atoms with van der Waals surface area (Å²) in [5, 5.41) is 14.7. The van der Waals surface area contributed by atoms with Gasteiger partial charge in [-0.05, 0) is 48.6 Å². The molecule has 150 valence electrons. The third-order valence-electron chi connectivity index (χ3n) is 4.34. The molecule has 29 heavy (non-hydrogen) atoms. The average Bonchev–Trinajstić information content (AvgIpc) is 3.30. The molecule has 0 aliphatic carbocycles. The number of alkyl halides is 3. The van der Waals surface area contributed by atoms with Crippen LogP contribution in [-0.2, 0) is 5.60 Å². The quantitative estimate of drug-likeness (QED) is 0.433. The molecule has 1 atom stereocenters. The highest BCUT2D eigenvalue weighted by molar-refractivity contribution is 7.17. The number of anilines is 2. The first-order valence-corrected chi connectivity index (χ1v) is 10.2. The van der Waals surface area contributed by atoms with Crippen molar-refractivity contribution >= 4 is 44.4 Å². The van der Waals surface area contributed by atoms with Crippen LogP contribution in [-0.4, -0.2) is 26.2 Å². The molecule has 0 bridgehead atoms. The van der Waals surface area contributed by atoms with Crippen LogP contribution in [0, 0.1) is 6.92 Å². The first-order chi connectivity index (χ1) is 13.6. The van der Waals surface area contributed by atoms with E-state index in [0.717, 1.165) is 32.8 Å². The molecular weight excluding hydrogens is 421 g/mol.